The van der Waals surface area contributed by atoms with Gasteiger partial charge in [-0.15, -0.1) is 11.3 Å². The van der Waals surface area contributed by atoms with Gasteiger partial charge in [0.15, 0.2) is 5.69 Å². The molecule has 3 heterocycles. The van der Waals surface area contributed by atoms with Crippen LogP contribution in [0.15, 0.2) is 48.0 Å². The smallest absolute Gasteiger partial charge is 0.269 e. The first-order valence-corrected chi connectivity index (χ1v) is 13.8. The topological polar surface area (TPSA) is 123 Å². The number of carbonyl (C=O) groups excluding carboxylic acids is 3. The highest BCUT2D eigenvalue weighted by Gasteiger charge is 2.51. The van der Waals surface area contributed by atoms with Gasteiger partial charge >= 0.3 is 0 Å². The molecule has 0 spiro atoms. The van der Waals surface area contributed by atoms with E-state index in [1.165, 1.54) is 22.1 Å². The summed E-state index contributed by atoms with van der Waals surface area (Å²) in [6, 6.07) is 9.35. The quantitative estimate of drug-likeness (QED) is 0.353. The monoisotopic (exact) mass is 566 g/mol. The van der Waals surface area contributed by atoms with Crippen LogP contribution in [0.1, 0.15) is 35.3 Å². The summed E-state index contributed by atoms with van der Waals surface area (Å²) in [4.78, 5) is 45.1. The molecular formula is C27H24ClFN6O3S. The summed E-state index contributed by atoms with van der Waals surface area (Å²) < 4.78 is 15.8. The molecule has 3 N–H and O–H groups in total. The van der Waals surface area contributed by atoms with E-state index in [-0.39, 0.29) is 53.1 Å². The van der Waals surface area contributed by atoms with Crippen LogP contribution in [0.5, 0.6) is 0 Å². The maximum atomic E-state index is 14.3. The molecule has 2 aliphatic rings. The van der Waals surface area contributed by atoms with Crippen LogP contribution >= 0.6 is 22.9 Å². The number of likely N-dealkylation sites (tertiary alicyclic amines) is 1. The predicted octanol–water partition coefficient (Wildman–Crippen LogP) is 3.75. The molecule has 200 valence electrons. The van der Waals surface area contributed by atoms with Crippen LogP contribution in [0, 0.1) is 11.7 Å². The van der Waals surface area contributed by atoms with Gasteiger partial charge in [0.1, 0.15) is 23.4 Å². The molecule has 12 heteroatoms. The molecule has 4 aromatic rings. The van der Waals surface area contributed by atoms with Crippen molar-refractivity contribution in [2.75, 3.05) is 0 Å². The number of hydrogen-bond donors (Lipinski definition) is 2. The molecule has 2 aromatic carbocycles. The standard InChI is InChI=1S/C27H24ClFN6O3S/c28-19-3-1-2-16(22(19)29)12-32-26(38)24-14-4-6-17(10-14)35(24)21(36)13-34-20-7-5-15(27-31-8-9-39-27)11-18(20)23(33-34)25(30)37/h1-3,5,7-9,11,14,17,24H,4,6,10,12-13H2,(H2,30,37)(H,32,38)/t14-,17+,24-/m0/s1. The van der Waals surface area contributed by atoms with Gasteiger partial charge in [0, 0.05) is 40.7 Å². The Balaban J connectivity index is 1.25. The third-order valence-electron chi connectivity index (χ3n) is 7.57. The van der Waals surface area contributed by atoms with Crippen LogP contribution in [-0.2, 0) is 22.7 Å². The van der Waals surface area contributed by atoms with Crippen LogP contribution in [-0.4, -0.2) is 49.5 Å². The van der Waals surface area contributed by atoms with E-state index in [4.69, 9.17) is 17.3 Å². The number of piperidine rings is 1. The van der Waals surface area contributed by atoms with Gasteiger partial charge in [-0.2, -0.15) is 5.10 Å². The molecule has 1 aliphatic carbocycles. The second-order valence-corrected chi connectivity index (χ2v) is 11.1. The van der Waals surface area contributed by atoms with Gasteiger partial charge in [-0.3, -0.25) is 19.1 Å². The molecule has 1 saturated carbocycles. The lowest BCUT2D eigenvalue weighted by Gasteiger charge is -2.34. The van der Waals surface area contributed by atoms with Crippen LogP contribution in [0.25, 0.3) is 21.5 Å². The highest BCUT2D eigenvalue weighted by molar-refractivity contribution is 7.13. The van der Waals surface area contributed by atoms with E-state index < -0.39 is 17.8 Å². The first-order valence-electron chi connectivity index (χ1n) is 12.5. The van der Waals surface area contributed by atoms with Gasteiger partial charge < -0.3 is 16.0 Å². The number of nitrogens with one attached hydrogen (secondary N) is 1. The lowest BCUT2D eigenvalue weighted by molar-refractivity contribution is -0.143. The molecule has 2 bridgehead atoms. The number of nitrogens with zero attached hydrogens (tertiary/aromatic N) is 4. The molecule has 2 fully saturated rings. The number of amides is 3. The van der Waals surface area contributed by atoms with E-state index in [1.807, 2.05) is 11.4 Å². The Morgan fingerprint density at radius 1 is 1.21 bits per heavy atom. The van der Waals surface area contributed by atoms with Crippen molar-refractivity contribution in [2.45, 2.75) is 44.4 Å². The maximum Gasteiger partial charge on any atom is 0.269 e. The second kappa shape index (κ2) is 10.0. The number of hydrogen-bond acceptors (Lipinski definition) is 6. The third kappa shape index (κ3) is 4.55. The van der Waals surface area contributed by atoms with Crippen molar-refractivity contribution >= 4 is 51.6 Å². The van der Waals surface area contributed by atoms with Crippen molar-refractivity contribution < 1.29 is 18.8 Å². The molecular weight excluding hydrogens is 543 g/mol. The van der Waals surface area contributed by atoms with Crippen molar-refractivity contribution in [2.24, 2.45) is 11.7 Å². The highest BCUT2D eigenvalue weighted by Crippen LogP contribution is 2.43. The van der Waals surface area contributed by atoms with Crippen LogP contribution < -0.4 is 11.1 Å². The highest BCUT2D eigenvalue weighted by atomic mass is 35.5. The van der Waals surface area contributed by atoms with Gasteiger partial charge in [0.2, 0.25) is 11.8 Å². The largest absolute Gasteiger partial charge is 0.364 e. The molecule has 6 rings (SSSR count). The van der Waals surface area contributed by atoms with Crippen molar-refractivity contribution in [3.8, 4) is 10.6 Å². The van der Waals surface area contributed by atoms with Crippen LogP contribution in [0.2, 0.25) is 5.02 Å². The van der Waals surface area contributed by atoms with E-state index in [0.717, 1.165) is 29.8 Å². The Morgan fingerprint density at radius 3 is 2.82 bits per heavy atom. The van der Waals surface area contributed by atoms with Gasteiger partial charge in [0.25, 0.3) is 5.91 Å². The minimum atomic E-state index is -0.701. The molecule has 39 heavy (non-hydrogen) atoms. The Hall–Kier alpha value is -3.83. The number of rotatable bonds is 7. The molecule has 9 nitrogen and oxygen atoms in total. The van der Waals surface area contributed by atoms with Crippen molar-refractivity contribution in [1.29, 1.82) is 0 Å². The maximum absolute atomic E-state index is 14.3. The number of halogens is 2. The fourth-order valence-corrected chi connectivity index (χ4v) is 6.68. The molecule has 0 radical (unpaired) electrons. The van der Waals surface area contributed by atoms with E-state index in [2.05, 4.69) is 15.4 Å². The van der Waals surface area contributed by atoms with Gasteiger partial charge in [-0.1, -0.05) is 23.7 Å². The minimum Gasteiger partial charge on any atom is -0.364 e. The summed E-state index contributed by atoms with van der Waals surface area (Å²) in [7, 11) is 0. The fourth-order valence-electron chi connectivity index (χ4n) is 5.85. The van der Waals surface area contributed by atoms with E-state index >= 15 is 0 Å². The number of thiazole rings is 1. The number of carbonyl (C=O) groups is 3. The van der Waals surface area contributed by atoms with E-state index in [1.54, 1.807) is 35.4 Å². The summed E-state index contributed by atoms with van der Waals surface area (Å²) in [5.74, 6) is -1.85. The fraction of sp³-hybridized carbons (Fsp3) is 0.296. The minimum absolute atomic E-state index is 0.0148. The number of fused-ring (bicyclic) bond motifs is 3. The van der Waals surface area contributed by atoms with Gasteiger partial charge in [-0.25, -0.2) is 9.37 Å². The first-order chi connectivity index (χ1) is 18.8. The van der Waals surface area contributed by atoms with E-state index in [0.29, 0.717) is 10.9 Å². The summed E-state index contributed by atoms with van der Waals surface area (Å²) >= 11 is 7.33. The van der Waals surface area contributed by atoms with Crippen molar-refractivity contribution in [3.05, 3.63) is 70.1 Å². The van der Waals surface area contributed by atoms with Gasteiger partial charge in [-0.05, 0) is 49.4 Å². The van der Waals surface area contributed by atoms with Gasteiger partial charge in [0.05, 0.1) is 10.5 Å². The molecule has 3 atom stereocenters. The second-order valence-electron chi connectivity index (χ2n) is 9.84. The van der Waals surface area contributed by atoms with Crippen molar-refractivity contribution in [3.63, 3.8) is 0 Å². The van der Waals surface area contributed by atoms with Crippen LogP contribution in [0.3, 0.4) is 0 Å². The van der Waals surface area contributed by atoms with E-state index in [9.17, 15) is 18.8 Å². The average molecular weight is 567 g/mol. The number of benzene rings is 2. The first kappa shape index (κ1) is 25.4. The Kier molecular flexibility index (Phi) is 6.56. The summed E-state index contributed by atoms with van der Waals surface area (Å²) in [6.07, 6.45) is 4.09. The average Bonchev–Trinajstić information content (AvgIpc) is 3.73. The predicted molar refractivity (Wildman–Crippen MR) is 144 cm³/mol. The summed E-state index contributed by atoms with van der Waals surface area (Å²) in [5.41, 5.74) is 7.36. The summed E-state index contributed by atoms with van der Waals surface area (Å²) in [6.45, 7) is -0.190. The Morgan fingerprint density at radius 2 is 2.05 bits per heavy atom. The molecule has 1 aliphatic heterocycles. The van der Waals surface area contributed by atoms with Crippen molar-refractivity contribution in [1.82, 2.24) is 25.0 Å². The molecule has 0 unspecified atom stereocenters. The molecule has 2 aromatic heterocycles. The zero-order chi connectivity index (χ0) is 27.3. The SMILES string of the molecule is NC(=O)c1nn(CC(=O)N2[C@@H]3CC[C@@H](C3)[C@H]2C(=O)NCc2cccc(Cl)c2F)c2ccc(-c3nccs3)cc12. The number of primary amides is 1. The number of nitrogens with two attached hydrogens (primary N) is 1. The number of aromatic nitrogens is 3. The zero-order valence-electron chi connectivity index (χ0n) is 20.6. The normalized spacial score (nSPS) is 20.1. The van der Waals surface area contributed by atoms with Crippen LogP contribution in [0.4, 0.5) is 4.39 Å². The Labute approximate surface area is 231 Å². The Bertz CT molecular complexity index is 1610. The molecule has 3 amide bonds. The molecule has 1 saturated heterocycles. The summed E-state index contributed by atoms with van der Waals surface area (Å²) in [5, 5.41) is 10.3. The lowest BCUT2D eigenvalue weighted by Crippen LogP contribution is -2.53. The third-order valence-corrected chi connectivity index (χ3v) is 8.69. The lowest BCUT2D eigenvalue weighted by atomic mass is 9.97. The zero-order valence-corrected chi connectivity index (χ0v) is 22.2.